The highest BCUT2D eigenvalue weighted by molar-refractivity contribution is 6.20. The molecule has 2 unspecified atom stereocenters. The lowest BCUT2D eigenvalue weighted by Gasteiger charge is -2.24. The summed E-state index contributed by atoms with van der Waals surface area (Å²) >= 11 is 6.24. The summed E-state index contributed by atoms with van der Waals surface area (Å²) in [6.07, 6.45) is 0.0699. The molecule has 2 atom stereocenters. The fourth-order valence-electron chi connectivity index (χ4n) is 2.44. The molecular weight excluding hydrogens is 264 g/mol. The fraction of sp³-hybridized carbons (Fsp3) is 0.500. The number of rotatable bonds is 3. The highest BCUT2D eigenvalue weighted by Crippen LogP contribution is 2.25. The van der Waals surface area contributed by atoms with E-state index < -0.39 is 0 Å². The van der Waals surface area contributed by atoms with Crippen molar-refractivity contribution < 1.29 is 9.47 Å². The van der Waals surface area contributed by atoms with E-state index in [9.17, 15) is 0 Å². The fourth-order valence-corrected chi connectivity index (χ4v) is 2.60. The predicted molar refractivity (Wildman–Crippen MR) is 74.6 cm³/mol. The number of aromatic nitrogens is 2. The summed E-state index contributed by atoms with van der Waals surface area (Å²) in [7, 11) is 0. The Labute approximate surface area is 117 Å². The van der Waals surface area contributed by atoms with Gasteiger partial charge >= 0.3 is 0 Å². The quantitative estimate of drug-likeness (QED) is 0.811. The molecule has 1 fully saturated rings. The van der Waals surface area contributed by atoms with Gasteiger partial charge in [-0.2, -0.15) is 0 Å². The average Bonchev–Trinajstić information content (AvgIpc) is 2.79. The minimum atomic E-state index is -0.128. The van der Waals surface area contributed by atoms with E-state index in [-0.39, 0.29) is 11.5 Å². The number of fused-ring (bicyclic) bond motifs is 1. The molecule has 0 bridgehead atoms. The van der Waals surface area contributed by atoms with Crippen molar-refractivity contribution in [2.45, 2.75) is 24.9 Å². The third-order valence-electron chi connectivity index (χ3n) is 3.31. The van der Waals surface area contributed by atoms with Crippen LogP contribution in [-0.2, 0) is 16.0 Å². The summed E-state index contributed by atoms with van der Waals surface area (Å²) in [5.41, 5.74) is 2.07. The minimum Gasteiger partial charge on any atom is -0.376 e. The third kappa shape index (κ3) is 2.61. The van der Waals surface area contributed by atoms with Crippen LogP contribution in [0.15, 0.2) is 24.3 Å². The molecule has 0 radical (unpaired) electrons. The molecule has 0 amide bonds. The second-order valence-corrected chi connectivity index (χ2v) is 5.41. The van der Waals surface area contributed by atoms with E-state index >= 15 is 0 Å². The number of benzene rings is 1. The molecule has 1 aliphatic rings. The van der Waals surface area contributed by atoms with E-state index in [4.69, 9.17) is 21.1 Å². The molecule has 1 aliphatic heterocycles. The molecule has 0 spiro atoms. The van der Waals surface area contributed by atoms with Gasteiger partial charge in [0.25, 0.3) is 0 Å². The molecule has 2 heterocycles. The van der Waals surface area contributed by atoms with Crippen LogP contribution in [0.25, 0.3) is 11.0 Å². The predicted octanol–water partition coefficient (Wildman–Crippen LogP) is 2.75. The maximum Gasteiger partial charge on any atom is 0.127 e. The summed E-state index contributed by atoms with van der Waals surface area (Å²) in [5, 5.41) is -0.128. The van der Waals surface area contributed by atoms with Gasteiger partial charge in [0, 0.05) is 0 Å². The summed E-state index contributed by atoms with van der Waals surface area (Å²) in [5.74, 6) is 0.886. The summed E-state index contributed by atoms with van der Waals surface area (Å²) in [4.78, 5) is 4.61. The van der Waals surface area contributed by atoms with Crippen LogP contribution in [-0.4, -0.2) is 35.5 Å². The lowest BCUT2D eigenvalue weighted by molar-refractivity contribution is -0.0934. The number of hydrogen-bond donors (Lipinski definition) is 0. The first-order chi connectivity index (χ1) is 9.25. The molecule has 0 aliphatic carbocycles. The van der Waals surface area contributed by atoms with Gasteiger partial charge in [-0.1, -0.05) is 12.1 Å². The highest BCUT2D eigenvalue weighted by atomic mass is 35.5. The lowest BCUT2D eigenvalue weighted by Crippen LogP contribution is -2.32. The van der Waals surface area contributed by atoms with Gasteiger partial charge in [-0.05, 0) is 19.1 Å². The number of hydrogen-bond acceptors (Lipinski definition) is 3. The van der Waals surface area contributed by atoms with Crippen molar-refractivity contribution in [2.75, 3.05) is 19.8 Å². The first-order valence-corrected chi connectivity index (χ1v) is 6.98. The van der Waals surface area contributed by atoms with Gasteiger partial charge < -0.3 is 14.0 Å². The normalized spacial score (nSPS) is 21.7. The molecule has 1 saturated heterocycles. The second kappa shape index (κ2) is 5.49. The van der Waals surface area contributed by atoms with Gasteiger partial charge in [-0.25, -0.2) is 4.98 Å². The van der Waals surface area contributed by atoms with Gasteiger partial charge in [0.1, 0.15) is 5.82 Å². The largest absolute Gasteiger partial charge is 0.376 e. The molecule has 0 saturated carbocycles. The minimum absolute atomic E-state index is 0.0699. The van der Waals surface area contributed by atoms with Crippen LogP contribution < -0.4 is 0 Å². The Morgan fingerprint density at radius 2 is 2.26 bits per heavy atom. The van der Waals surface area contributed by atoms with E-state index in [2.05, 4.69) is 15.6 Å². The Bertz CT molecular complexity index is 562. The van der Waals surface area contributed by atoms with Gasteiger partial charge in [0.2, 0.25) is 0 Å². The average molecular weight is 281 g/mol. The number of para-hydroxylation sites is 2. The molecule has 1 aromatic carbocycles. The first-order valence-electron chi connectivity index (χ1n) is 6.54. The van der Waals surface area contributed by atoms with Gasteiger partial charge in [-0.3, -0.25) is 0 Å². The zero-order valence-corrected chi connectivity index (χ0v) is 11.6. The molecule has 2 aromatic rings. The van der Waals surface area contributed by atoms with Crippen molar-refractivity contribution in [1.29, 1.82) is 0 Å². The van der Waals surface area contributed by atoms with E-state index in [1.54, 1.807) is 0 Å². The van der Waals surface area contributed by atoms with Crippen molar-refractivity contribution in [3.63, 3.8) is 0 Å². The number of alkyl halides is 1. The highest BCUT2D eigenvalue weighted by Gasteiger charge is 2.20. The Morgan fingerprint density at radius 1 is 1.42 bits per heavy atom. The molecule has 19 heavy (non-hydrogen) atoms. The van der Waals surface area contributed by atoms with Crippen molar-refractivity contribution in [3.05, 3.63) is 30.1 Å². The second-order valence-electron chi connectivity index (χ2n) is 4.75. The summed E-state index contributed by atoms with van der Waals surface area (Å²) < 4.78 is 13.3. The SMILES string of the molecule is CC(Cl)c1nc2ccccc2n1CC1COCCO1. The van der Waals surface area contributed by atoms with Crippen LogP contribution in [0.1, 0.15) is 18.1 Å². The maximum atomic E-state index is 6.24. The van der Waals surface area contributed by atoms with E-state index in [1.165, 1.54) is 0 Å². The number of halogens is 1. The van der Waals surface area contributed by atoms with Crippen LogP contribution in [0.2, 0.25) is 0 Å². The van der Waals surface area contributed by atoms with Crippen molar-refractivity contribution in [3.8, 4) is 0 Å². The van der Waals surface area contributed by atoms with Crippen LogP contribution in [0.3, 0.4) is 0 Å². The molecule has 102 valence electrons. The summed E-state index contributed by atoms with van der Waals surface area (Å²) in [6.45, 7) is 4.63. The Hall–Kier alpha value is -1.10. The number of nitrogens with zero attached hydrogens (tertiary/aromatic N) is 2. The molecule has 5 heteroatoms. The molecule has 1 aromatic heterocycles. The van der Waals surface area contributed by atoms with Crippen molar-refractivity contribution >= 4 is 22.6 Å². The van der Waals surface area contributed by atoms with Gasteiger partial charge in [0.15, 0.2) is 0 Å². The summed E-state index contributed by atoms with van der Waals surface area (Å²) in [6, 6.07) is 8.08. The smallest absolute Gasteiger partial charge is 0.127 e. The topological polar surface area (TPSA) is 36.3 Å². The zero-order valence-electron chi connectivity index (χ0n) is 10.9. The van der Waals surface area contributed by atoms with E-state index in [1.807, 2.05) is 25.1 Å². The molecule has 0 N–H and O–H groups in total. The van der Waals surface area contributed by atoms with E-state index in [0.717, 1.165) is 23.4 Å². The molecule has 3 rings (SSSR count). The van der Waals surface area contributed by atoms with Gasteiger partial charge in [-0.15, -0.1) is 11.6 Å². The Balaban J connectivity index is 1.97. The Kier molecular flexibility index (Phi) is 3.73. The van der Waals surface area contributed by atoms with Crippen molar-refractivity contribution in [1.82, 2.24) is 9.55 Å². The van der Waals surface area contributed by atoms with Crippen LogP contribution in [0.4, 0.5) is 0 Å². The molecule has 4 nitrogen and oxygen atoms in total. The van der Waals surface area contributed by atoms with Crippen LogP contribution in [0, 0.1) is 0 Å². The third-order valence-corrected chi connectivity index (χ3v) is 3.51. The number of imidazole rings is 1. The standard InChI is InChI=1S/C14H17ClN2O2/c1-10(15)14-16-12-4-2-3-5-13(12)17(14)8-11-9-18-6-7-19-11/h2-5,10-11H,6-9H2,1H3. The Morgan fingerprint density at radius 3 is 3.00 bits per heavy atom. The van der Waals surface area contributed by atoms with Crippen LogP contribution in [0.5, 0.6) is 0 Å². The lowest BCUT2D eigenvalue weighted by atomic mass is 10.3. The van der Waals surface area contributed by atoms with Gasteiger partial charge in [0.05, 0.1) is 48.9 Å². The maximum absolute atomic E-state index is 6.24. The zero-order chi connectivity index (χ0) is 13.2. The number of ether oxygens (including phenoxy) is 2. The monoisotopic (exact) mass is 280 g/mol. The van der Waals surface area contributed by atoms with Crippen molar-refractivity contribution in [2.24, 2.45) is 0 Å². The first kappa shape index (κ1) is 12.9. The van der Waals surface area contributed by atoms with E-state index in [0.29, 0.717) is 19.8 Å². The molecular formula is C14H17ClN2O2. The van der Waals surface area contributed by atoms with Crippen LogP contribution >= 0.6 is 11.6 Å².